The summed E-state index contributed by atoms with van der Waals surface area (Å²) < 4.78 is 10.7. The van der Waals surface area contributed by atoms with Crippen LogP contribution in [0.15, 0.2) is 0 Å². The molecule has 1 N–H and O–H groups in total. The Bertz CT molecular complexity index is 801. The Kier molecular flexibility index (Phi) is 9.75. The highest BCUT2D eigenvalue weighted by Crippen LogP contribution is 2.52. The number of carbonyl (C=O) groups is 4. The van der Waals surface area contributed by atoms with Crippen LogP contribution < -0.4 is 5.32 Å². The molecule has 188 valence electrons. The molecule has 2 fully saturated rings. The minimum atomic E-state index is -0.487. The number of carbonyl (C=O) groups excluding carboxylic acids is 4. The Balaban J connectivity index is 1.36. The van der Waals surface area contributed by atoms with E-state index in [1.807, 2.05) is 4.90 Å². The normalized spacial score (nSPS) is 26.1. The fourth-order valence-corrected chi connectivity index (χ4v) is 5.00. The van der Waals surface area contributed by atoms with Crippen LogP contribution in [0.5, 0.6) is 0 Å². The first kappa shape index (κ1) is 26.0. The van der Waals surface area contributed by atoms with Gasteiger partial charge in [-0.3, -0.25) is 19.3 Å². The second-order valence-electron chi connectivity index (χ2n) is 9.40. The molecule has 0 radical (unpaired) electrons. The molecule has 3 aliphatic rings. The van der Waals surface area contributed by atoms with Crippen molar-refractivity contribution in [3.05, 3.63) is 0 Å². The van der Waals surface area contributed by atoms with Crippen LogP contribution in [0.1, 0.15) is 52.4 Å². The lowest BCUT2D eigenvalue weighted by atomic mass is 10.1. The molecule has 0 aromatic heterocycles. The molecule has 3 rings (SSSR count). The quantitative estimate of drug-likeness (QED) is 0.378. The standard InChI is InChI=1S/C25H37N3O6/c1-3-24(31)33-16-19-15-28(13-12-27(19)14-18(2)29)23(30)10-11-26-25(32)34-17-22-20-8-6-4-5-7-9-21(20)22/h19-22H,3,6-17H2,1-2H3,(H,26,32)/t19?,20-,21+,22-. The molecule has 2 aliphatic carbocycles. The number of fused-ring (bicyclic) bond motifs is 1. The SMILES string of the molecule is CCC(=O)OCC1CN(C(=O)CCNC(=O)OC[C@@H]2[C@@H]3CCC#CCC[C@@H]32)CCN1CC(C)=O. The van der Waals surface area contributed by atoms with E-state index in [1.165, 1.54) is 6.92 Å². The Morgan fingerprint density at radius 3 is 2.35 bits per heavy atom. The minimum absolute atomic E-state index is 0.0270. The van der Waals surface area contributed by atoms with Crippen LogP contribution in [-0.2, 0) is 23.9 Å². The number of esters is 1. The van der Waals surface area contributed by atoms with Gasteiger partial charge in [0, 0.05) is 51.9 Å². The van der Waals surface area contributed by atoms with Crippen molar-refractivity contribution < 1.29 is 28.7 Å². The van der Waals surface area contributed by atoms with Crippen LogP contribution in [-0.4, -0.2) is 85.5 Å². The molecule has 1 heterocycles. The van der Waals surface area contributed by atoms with E-state index in [2.05, 4.69) is 17.2 Å². The molecule has 1 saturated heterocycles. The average molecular weight is 476 g/mol. The van der Waals surface area contributed by atoms with Gasteiger partial charge in [0.1, 0.15) is 12.4 Å². The Morgan fingerprint density at radius 2 is 1.71 bits per heavy atom. The average Bonchev–Trinajstić information content (AvgIpc) is 3.45. The van der Waals surface area contributed by atoms with Crippen LogP contribution in [0.4, 0.5) is 4.79 Å². The van der Waals surface area contributed by atoms with Crippen LogP contribution in [0.25, 0.3) is 0 Å². The van der Waals surface area contributed by atoms with Crippen LogP contribution >= 0.6 is 0 Å². The molecule has 1 aliphatic heterocycles. The maximum Gasteiger partial charge on any atom is 0.407 e. The number of alkyl carbamates (subject to hydrolysis) is 1. The van der Waals surface area contributed by atoms with Gasteiger partial charge >= 0.3 is 12.1 Å². The molecular formula is C25H37N3O6. The predicted octanol–water partition coefficient (Wildman–Crippen LogP) is 1.60. The Hall–Kier alpha value is -2.60. The molecule has 0 aromatic rings. The fourth-order valence-electron chi connectivity index (χ4n) is 5.00. The first-order valence-corrected chi connectivity index (χ1v) is 12.4. The van der Waals surface area contributed by atoms with E-state index in [4.69, 9.17) is 9.47 Å². The molecule has 0 bridgehead atoms. The van der Waals surface area contributed by atoms with Crippen molar-refractivity contribution in [2.24, 2.45) is 17.8 Å². The van der Waals surface area contributed by atoms with E-state index in [9.17, 15) is 19.2 Å². The van der Waals surface area contributed by atoms with Crippen molar-refractivity contribution in [2.75, 3.05) is 45.9 Å². The van der Waals surface area contributed by atoms with Gasteiger partial charge in [-0.05, 0) is 37.5 Å². The zero-order valence-corrected chi connectivity index (χ0v) is 20.3. The number of hydrogen-bond donors (Lipinski definition) is 1. The summed E-state index contributed by atoms with van der Waals surface area (Å²) in [5, 5.41) is 2.68. The Morgan fingerprint density at radius 1 is 1.00 bits per heavy atom. The summed E-state index contributed by atoms with van der Waals surface area (Å²) in [5.74, 6) is 7.66. The molecule has 9 nitrogen and oxygen atoms in total. The largest absolute Gasteiger partial charge is 0.464 e. The van der Waals surface area contributed by atoms with Crippen LogP contribution in [0, 0.1) is 29.6 Å². The number of piperazine rings is 1. The summed E-state index contributed by atoms with van der Waals surface area (Å²) in [5.41, 5.74) is 0. The summed E-state index contributed by atoms with van der Waals surface area (Å²) in [4.78, 5) is 51.6. The zero-order chi connectivity index (χ0) is 24.5. The first-order valence-electron chi connectivity index (χ1n) is 12.4. The lowest BCUT2D eigenvalue weighted by Gasteiger charge is -2.40. The molecule has 0 aromatic carbocycles. The van der Waals surface area contributed by atoms with Crippen LogP contribution in [0.3, 0.4) is 0 Å². The van der Waals surface area contributed by atoms with E-state index < -0.39 is 6.09 Å². The molecular weight excluding hydrogens is 438 g/mol. The number of nitrogens with zero attached hydrogens (tertiary/aromatic N) is 2. The molecule has 1 unspecified atom stereocenters. The van der Waals surface area contributed by atoms with Gasteiger partial charge in [-0.25, -0.2) is 4.79 Å². The third kappa shape index (κ3) is 7.73. The van der Waals surface area contributed by atoms with Gasteiger partial charge in [-0.2, -0.15) is 0 Å². The van der Waals surface area contributed by atoms with Gasteiger partial charge in [0.15, 0.2) is 0 Å². The van der Waals surface area contributed by atoms with Crippen molar-refractivity contribution in [1.29, 1.82) is 0 Å². The summed E-state index contributed by atoms with van der Waals surface area (Å²) in [6, 6.07) is -0.226. The van der Waals surface area contributed by atoms with Gasteiger partial charge in [0.05, 0.1) is 19.2 Å². The van der Waals surface area contributed by atoms with Crippen molar-refractivity contribution in [2.45, 2.75) is 58.4 Å². The van der Waals surface area contributed by atoms with Gasteiger partial charge in [0.2, 0.25) is 5.91 Å². The van der Waals surface area contributed by atoms with Crippen molar-refractivity contribution in [1.82, 2.24) is 15.1 Å². The number of Topliss-reactive ketones (excluding diaryl/α,β-unsaturated/α-hetero) is 1. The Labute approximate surface area is 201 Å². The highest BCUT2D eigenvalue weighted by molar-refractivity contribution is 5.78. The number of ketones is 1. The first-order chi connectivity index (χ1) is 16.4. The maximum absolute atomic E-state index is 12.7. The van der Waals surface area contributed by atoms with Gasteiger partial charge in [-0.15, -0.1) is 11.8 Å². The summed E-state index contributed by atoms with van der Waals surface area (Å²) in [7, 11) is 0. The van der Waals surface area contributed by atoms with Gasteiger partial charge in [-0.1, -0.05) is 6.92 Å². The number of nitrogens with one attached hydrogen (secondary N) is 1. The van der Waals surface area contributed by atoms with Crippen molar-refractivity contribution in [3.8, 4) is 11.8 Å². The predicted molar refractivity (Wildman–Crippen MR) is 125 cm³/mol. The second kappa shape index (κ2) is 12.7. The number of amides is 2. The van der Waals surface area contributed by atoms with E-state index in [0.717, 1.165) is 25.7 Å². The smallest absolute Gasteiger partial charge is 0.407 e. The minimum Gasteiger partial charge on any atom is -0.464 e. The highest BCUT2D eigenvalue weighted by atomic mass is 16.5. The lowest BCUT2D eigenvalue weighted by molar-refractivity contribution is -0.147. The monoisotopic (exact) mass is 475 g/mol. The number of ether oxygens (including phenoxy) is 2. The fraction of sp³-hybridized carbons (Fsp3) is 0.760. The second-order valence-corrected chi connectivity index (χ2v) is 9.40. The third-order valence-electron chi connectivity index (χ3n) is 6.96. The number of hydrogen-bond acceptors (Lipinski definition) is 7. The van der Waals surface area contributed by atoms with Crippen molar-refractivity contribution in [3.63, 3.8) is 0 Å². The third-order valence-corrected chi connectivity index (χ3v) is 6.96. The summed E-state index contributed by atoms with van der Waals surface area (Å²) in [6.45, 7) is 5.67. The molecule has 1 saturated carbocycles. The van der Waals surface area contributed by atoms with E-state index in [1.54, 1.807) is 11.8 Å². The highest BCUT2D eigenvalue weighted by Gasteiger charge is 2.49. The van der Waals surface area contributed by atoms with E-state index in [0.29, 0.717) is 44.0 Å². The van der Waals surface area contributed by atoms with Crippen LogP contribution in [0.2, 0.25) is 0 Å². The van der Waals surface area contributed by atoms with Crippen molar-refractivity contribution >= 4 is 23.8 Å². The van der Waals surface area contributed by atoms with Gasteiger partial charge in [0.25, 0.3) is 0 Å². The van der Waals surface area contributed by atoms with E-state index >= 15 is 0 Å². The molecule has 9 heteroatoms. The van der Waals surface area contributed by atoms with E-state index in [-0.39, 0.29) is 56.2 Å². The molecule has 4 atom stereocenters. The number of rotatable bonds is 10. The maximum atomic E-state index is 12.7. The topological polar surface area (TPSA) is 105 Å². The van der Waals surface area contributed by atoms with Gasteiger partial charge < -0.3 is 19.7 Å². The lowest BCUT2D eigenvalue weighted by Crippen LogP contribution is -2.57. The molecule has 34 heavy (non-hydrogen) atoms. The molecule has 2 amide bonds. The summed E-state index contributed by atoms with van der Waals surface area (Å²) >= 11 is 0. The molecule has 0 spiro atoms. The summed E-state index contributed by atoms with van der Waals surface area (Å²) in [6.07, 6.45) is 3.97. The zero-order valence-electron chi connectivity index (χ0n) is 20.3.